The van der Waals surface area contributed by atoms with E-state index >= 15 is 0 Å². The molecule has 1 saturated carbocycles. The quantitative estimate of drug-likeness (QED) is 0.697. The minimum Gasteiger partial charge on any atom is -0.299 e. The van der Waals surface area contributed by atoms with Crippen molar-refractivity contribution in [2.75, 3.05) is 0 Å². The lowest BCUT2D eigenvalue weighted by Gasteiger charge is -2.20. The van der Waals surface area contributed by atoms with Crippen molar-refractivity contribution in [3.63, 3.8) is 0 Å². The summed E-state index contributed by atoms with van der Waals surface area (Å²) >= 11 is 0. The molecule has 6 nitrogen and oxygen atoms in total. The Morgan fingerprint density at radius 3 is 2.65 bits per heavy atom. The molecule has 1 aliphatic carbocycles. The average Bonchev–Trinajstić information content (AvgIpc) is 2.73. The molecule has 2 atom stereocenters. The Hall–Kier alpha value is -1.72. The van der Waals surface area contributed by atoms with Gasteiger partial charge in [0, 0.05) is 19.3 Å². The Morgan fingerprint density at radius 1 is 1.41 bits per heavy atom. The molecule has 0 aromatic carbocycles. The molecule has 17 heavy (non-hydrogen) atoms. The van der Waals surface area contributed by atoms with Crippen molar-refractivity contribution in [3.8, 4) is 0 Å². The van der Waals surface area contributed by atoms with Crippen LogP contribution < -0.4 is 5.32 Å². The molecule has 4 amide bonds. The Labute approximate surface area is 98.3 Å². The number of carbonyl (C=O) groups is 4. The summed E-state index contributed by atoms with van der Waals surface area (Å²) in [5.41, 5.74) is 0. The number of hydrogen-bond donors (Lipinski definition) is 1. The van der Waals surface area contributed by atoms with Crippen LogP contribution in [0.25, 0.3) is 0 Å². The number of imide groups is 2. The summed E-state index contributed by atoms with van der Waals surface area (Å²) in [5, 5.41) is 2.10. The van der Waals surface area contributed by atoms with E-state index < -0.39 is 23.9 Å². The van der Waals surface area contributed by atoms with Crippen LogP contribution in [0.1, 0.15) is 32.6 Å². The topological polar surface area (TPSA) is 83.6 Å². The first kappa shape index (κ1) is 11.8. The maximum absolute atomic E-state index is 11.6. The summed E-state index contributed by atoms with van der Waals surface area (Å²) in [4.78, 5) is 46.6. The molecule has 1 saturated heterocycles. The molecule has 2 unspecified atom stereocenters. The van der Waals surface area contributed by atoms with Gasteiger partial charge < -0.3 is 0 Å². The summed E-state index contributed by atoms with van der Waals surface area (Å²) in [7, 11) is 0. The highest BCUT2D eigenvalue weighted by atomic mass is 16.2. The van der Waals surface area contributed by atoms with E-state index in [1.165, 1.54) is 6.92 Å². The number of urea groups is 1. The molecular weight excluding hydrogens is 224 g/mol. The van der Waals surface area contributed by atoms with E-state index in [-0.39, 0.29) is 18.1 Å². The van der Waals surface area contributed by atoms with Gasteiger partial charge >= 0.3 is 6.03 Å². The predicted molar refractivity (Wildman–Crippen MR) is 56.8 cm³/mol. The zero-order chi connectivity index (χ0) is 12.6. The van der Waals surface area contributed by atoms with Crippen LogP contribution in [-0.4, -0.2) is 34.6 Å². The maximum Gasteiger partial charge on any atom is 0.331 e. The van der Waals surface area contributed by atoms with Gasteiger partial charge in [-0.25, -0.2) is 4.79 Å². The number of hydrogen-bond acceptors (Lipinski definition) is 4. The van der Waals surface area contributed by atoms with Crippen molar-refractivity contribution in [1.29, 1.82) is 0 Å². The molecule has 0 aromatic heterocycles. The van der Waals surface area contributed by atoms with E-state index in [1.807, 2.05) is 0 Å². The number of ketones is 1. The molecule has 0 aromatic rings. The second-order valence-corrected chi connectivity index (χ2v) is 4.49. The van der Waals surface area contributed by atoms with E-state index in [0.717, 1.165) is 17.7 Å². The molecule has 0 radical (unpaired) electrons. The van der Waals surface area contributed by atoms with Crippen LogP contribution in [0.2, 0.25) is 0 Å². The van der Waals surface area contributed by atoms with Crippen molar-refractivity contribution in [2.45, 2.75) is 38.6 Å². The number of amides is 4. The molecule has 6 heteroatoms. The fraction of sp³-hybridized carbons (Fsp3) is 0.636. The summed E-state index contributed by atoms with van der Waals surface area (Å²) in [5.74, 6) is -1.02. The number of nitrogens with zero attached hydrogens (tertiary/aromatic N) is 1. The minimum absolute atomic E-state index is 0.126. The van der Waals surface area contributed by atoms with Crippen molar-refractivity contribution < 1.29 is 19.2 Å². The number of Topliss-reactive ketones (excluding diaryl/α,β-unsaturated/α-hetero) is 1. The van der Waals surface area contributed by atoms with Crippen molar-refractivity contribution in [1.82, 2.24) is 10.2 Å². The van der Waals surface area contributed by atoms with Crippen LogP contribution in [0.4, 0.5) is 4.79 Å². The van der Waals surface area contributed by atoms with Gasteiger partial charge in [0.1, 0.15) is 11.8 Å². The highest BCUT2D eigenvalue weighted by molar-refractivity contribution is 6.11. The highest BCUT2D eigenvalue weighted by Crippen LogP contribution is 2.28. The van der Waals surface area contributed by atoms with Gasteiger partial charge in [-0.3, -0.25) is 24.6 Å². The normalized spacial score (nSPS) is 28.8. The van der Waals surface area contributed by atoms with Crippen molar-refractivity contribution in [2.24, 2.45) is 5.92 Å². The van der Waals surface area contributed by atoms with Gasteiger partial charge in [-0.05, 0) is 19.3 Å². The molecule has 0 spiro atoms. The summed E-state index contributed by atoms with van der Waals surface area (Å²) in [6.07, 6.45) is 2.36. The van der Waals surface area contributed by atoms with Crippen LogP contribution in [0.3, 0.4) is 0 Å². The lowest BCUT2D eigenvalue weighted by molar-refractivity contribution is -0.132. The van der Waals surface area contributed by atoms with E-state index in [2.05, 4.69) is 5.32 Å². The molecule has 92 valence electrons. The van der Waals surface area contributed by atoms with Crippen LogP contribution in [0.5, 0.6) is 0 Å². The van der Waals surface area contributed by atoms with Crippen molar-refractivity contribution >= 4 is 23.6 Å². The van der Waals surface area contributed by atoms with Crippen LogP contribution in [-0.2, 0) is 14.4 Å². The standard InChI is InChI=1S/C11H14N2O4/c1-6(14)13-8(10(16)12-11(13)17)5-7-3-2-4-9(7)15/h7-8H,2-5H2,1H3,(H,12,16,17). The third kappa shape index (κ3) is 2.07. The first-order valence-corrected chi connectivity index (χ1v) is 5.68. The summed E-state index contributed by atoms with van der Waals surface area (Å²) in [6, 6.07) is -1.50. The minimum atomic E-state index is -0.813. The number of nitrogens with one attached hydrogen (secondary N) is 1. The number of rotatable bonds is 2. The molecule has 2 aliphatic rings. The second kappa shape index (κ2) is 4.27. The molecular formula is C11H14N2O4. The van der Waals surface area contributed by atoms with Gasteiger partial charge in [0.05, 0.1) is 0 Å². The lowest BCUT2D eigenvalue weighted by atomic mass is 9.97. The fourth-order valence-corrected chi connectivity index (χ4v) is 2.49. The van der Waals surface area contributed by atoms with Gasteiger partial charge in [-0.2, -0.15) is 0 Å². The second-order valence-electron chi connectivity index (χ2n) is 4.49. The van der Waals surface area contributed by atoms with Gasteiger partial charge in [-0.1, -0.05) is 0 Å². The highest BCUT2D eigenvalue weighted by Gasteiger charge is 2.43. The van der Waals surface area contributed by atoms with E-state index in [9.17, 15) is 19.2 Å². The average molecular weight is 238 g/mol. The van der Waals surface area contributed by atoms with Crippen LogP contribution >= 0.6 is 0 Å². The largest absolute Gasteiger partial charge is 0.331 e. The van der Waals surface area contributed by atoms with Crippen LogP contribution in [0, 0.1) is 5.92 Å². The third-order valence-corrected chi connectivity index (χ3v) is 3.34. The van der Waals surface area contributed by atoms with Gasteiger partial charge in [-0.15, -0.1) is 0 Å². The Kier molecular flexibility index (Phi) is 2.95. The van der Waals surface area contributed by atoms with Gasteiger partial charge in [0.2, 0.25) is 5.91 Å². The summed E-state index contributed by atoms with van der Waals surface area (Å²) in [6.45, 7) is 1.24. The molecule has 1 N–H and O–H groups in total. The van der Waals surface area contributed by atoms with Crippen molar-refractivity contribution in [3.05, 3.63) is 0 Å². The Bertz CT molecular complexity index is 404. The molecule has 1 aliphatic heterocycles. The monoisotopic (exact) mass is 238 g/mol. The predicted octanol–water partition coefficient (Wildman–Crippen LogP) is 0.213. The molecule has 2 rings (SSSR count). The maximum atomic E-state index is 11.6. The SMILES string of the molecule is CC(=O)N1C(=O)NC(=O)C1CC1CCCC1=O. The first-order valence-electron chi connectivity index (χ1n) is 5.68. The van der Waals surface area contributed by atoms with Crippen LogP contribution in [0.15, 0.2) is 0 Å². The summed E-state index contributed by atoms with van der Waals surface area (Å²) < 4.78 is 0. The van der Waals surface area contributed by atoms with E-state index in [1.54, 1.807) is 0 Å². The molecule has 0 bridgehead atoms. The van der Waals surface area contributed by atoms with E-state index in [4.69, 9.17) is 0 Å². The fourth-order valence-electron chi connectivity index (χ4n) is 2.49. The molecule has 2 fully saturated rings. The Balaban J connectivity index is 2.12. The lowest BCUT2D eigenvalue weighted by Crippen LogP contribution is -2.40. The third-order valence-electron chi connectivity index (χ3n) is 3.34. The van der Waals surface area contributed by atoms with Gasteiger partial charge in [0.25, 0.3) is 5.91 Å². The zero-order valence-corrected chi connectivity index (χ0v) is 9.56. The smallest absolute Gasteiger partial charge is 0.299 e. The number of carbonyl (C=O) groups excluding carboxylic acids is 4. The Morgan fingerprint density at radius 2 is 2.12 bits per heavy atom. The molecule has 1 heterocycles. The first-order chi connectivity index (χ1) is 8.00. The van der Waals surface area contributed by atoms with E-state index in [0.29, 0.717) is 6.42 Å². The zero-order valence-electron chi connectivity index (χ0n) is 9.56. The van der Waals surface area contributed by atoms with Gasteiger partial charge in [0.15, 0.2) is 0 Å².